The molecule has 1 aromatic heterocycles. The molecule has 0 atom stereocenters. The van der Waals surface area contributed by atoms with E-state index in [-0.39, 0.29) is 5.28 Å². The Hall–Kier alpha value is -0.900. The Morgan fingerprint density at radius 3 is 2.64 bits per heavy atom. The van der Waals surface area contributed by atoms with Gasteiger partial charge in [0.2, 0.25) is 5.28 Å². The van der Waals surface area contributed by atoms with Crippen molar-refractivity contribution in [3.8, 4) is 0 Å². The van der Waals surface area contributed by atoms with E-state index in [4.69, 9.17) is 23.2 Å². The molecule has 0 aromatic carbocycles. The summed E-state index contributed by atoms with van der Waals surface area (Å²) in [4.78, 5) is 10.7. The zero-order chi connectivity index (χ0) is 16.5. The van der Waals surface area contributed by atoms with Crippen molar-refractivity contribution in [2.75, 3.05) is 13.1 Å². The van der Waals surface area contributed by atoms with Crippen molar-refractivity contribution in [2.24, 2.45) is 0 Å². The Bertz CT molecular complexity index is 539. The van der Waals surface area contributed by atoms with Gasteiger partial charge in [0.05, 0.1) is 5.69 Å². The highest BCUT2D eigenvalue weighted by molar-refractivity contribution is 6.32. The van der Waals surface area contributed by atoms with Gasteiger partial charge in [-0.05, 0) is 31.4 Å². The molecule has 0 spiro atoms. The monoisotopic (exact) mass is 341 g/mol. The minimum absolute atomic E-state index is 0.232. The SMILES string of the molecule is C/C=C\C=C(/CC)CN1CCc2c(Cl)nc(Cl)nc2C1.CC. The van der Waals surface area contributed by atoms with Crippen LogP contribution in [0, 0.1) is 0 Å². The molecular formula is C17H25Cl2N3. The van der Waals surface area contributed by atoms with Crippen LogP contribution in [0.1, 0.15) is 45.4 Å². The minimum Gasteiger partial charge on any atom is -0.293 e. The molecule has 122 valence electrons. The second kappa shape index (κ2) is 9.98. The summed E-state index contributed by atoms with van der Waals surface area (Å²) in [5.41, 5.74) is 3.42. The van der Waals surface area contributed by atoms with Gasteiger partial charge >= 0.3 is 0 Å². The number of hydrogen-bond donors (Lipinski definition) is 0. The van der Waals surface area contributed by atoms with Crippen LogP contribution >= 0.6 is 23.2 Å². The lowest BCUT2D eigenvalue weighted by Crippen LogP contribution is -2.33. The number of allylic oxidation sites excluding steroid dienone is 3. The molecule has 0 saturated carbocycles. The molecule has 22 heavy (non-hydrogen) atoms. The molecule has 0 amide bonds. The van der Waals surface area contributed by atoms with Crippen molar-refractivity contribution in [1.82, 2.24) is 14.9 Å². The van der Waals surface area contributed by atoms with Gasteiger partial charge in [-0.1, -0.05) is 56.2 Å². The minimum atomic E-state index is 0.232. The van der Waals surface area contributed by atoms with E-state index < -0.39 is 0 Å². The summed E-state index contributed by atoms with van der Waals surface area (Å²) in [6.45, 7) is 10.9. The van der Waals surface area contributed by atoms with Crippen molar-refractivity contribution in [1.29, 1.82) is 0 Å². The molecule has 1 aromatic rings. The van der Waals surface area contributed by atoms with Gasteiger partial charge in [0.1, 0.15) is 5.15 Å². The fraction of sp³-hybridized carbons (Fsp3) is 0.529. The molecule has 0 unspecified atom stereocenters. The van der Waals surface area contributed by atoms with Gasteiger partial charge in [0, 0.05) is 25.2 Å². The van der Waals surface area contributed by atoms with E-state index in [1.54, 1.807) is 0 Å². The van der Waals surface area contributed by atoms with Crippen LogP contribution in [0.2, 0.25) is 10.4 Å². The summed E-state index contributed by atoms with van der Waals surface area (Å²) in [7, 11) is 0. The zero-order valence-corrected chi connectivity index (χ0v) is 15.4. The predicted molar refractivity (Wildman–Crippen MR) is 95.6 cm³/mol. The molecule has 5 heteroatoms. The molecule has 0 bridgehead atoms. The Morgan fingerprint density at radius 2 is 2.00 bits per heavy atom. The molecule has 3 nitrogen and oxygen atoms in total. The van der Waals surface area contributed by atoms with Crippen LogP contribution in [0.15, 0.2) is 23.8 Å². The van der Waals surface area contributed by atoms with E-state index in [1.807, 2.05) is 26.8 Å². The first-order chi connectivity index (χ1) is 10.6. The highest BCUT2D eigenvalue weighted by Crippen LogP contribution is 2.25. The fourth-order valence-electron chi connectivity index (χ4n) is 2.35. The van der Waals surface area contributed by atoms with Gasteiger partial charge in [-0.3, -0.25) is 4.90 Å². The van der Waals surface area contributed by atoms with Crippen LogP contribution in [0.25, 0.3) is 0 Å². The lowest BCUT2D eigenvalue weighted by molar-refractivity contribution is 0.269. The third kappa shape index (κ3) is 5.38. The highest BCUT2D eigenvalue weighted by atomic mass is 35.5. The number of rotatable bonds is 4. The number of fused-ring (bicyclic) bond motifs is 1. The van der Waals surface area contributed by atoms with Gasteiger partial charge in [-0.2, -0.15) is 0 Å². The lowest BCUT2D eigenvalue weighted by Gasteiger charge is -2.28. The maximum absolute atomic E-state index is 6.12. The van der Waals surface area contributed by atoms with Crippen LogP contribution in [0.5, 0.6) is 0 Å². The highest BCUT2D eigenvalue weighted by Gasteiger charge is 2.21. The van der Waals surface area contributed by atoms with Crippen LogP contribution in [0.3, 0.4) is 0 Å². The van der Waals surface area contributed by atoms with Crippen molar-refractivity contribution < 1.29 is 0 Å². The molecule has 0 aliphatic carbocycles. The van der Waals surface area contributed by atoms with Gasteiger partial charge in [-0.25, -0.2) is 9.97 Å². The smallest absolute Gasteiger partial charge is 0.224 e. The molecule has 1 aliphatic heterocycles. The molecular weight excluding hydrogens is 317 g/mol. The van der Waals surface area contributed by atoms with Crippen LogP contribution in [-0.4, -0.2) is 28.0 Å². The summed E-state index contributed by atoms with van der Waals surface area (Å²) in [5, 5.41) is 0.732. The molecule has 0 radical (unpaired) electrons. The summed E-state index contributed by atoms with van der Waals surface area (Å²) in [6.07, 6.45) is 8.26. The van der Waals surface area contributed by atoms with E-state index >= 15 is 0 Å². The number of aromatic nitrogens is 2. The Morgan fingerprint density at radius 1 is 1.27 bits per heavy atom. The van der Waals surface area contributed by atoms with Crippen molar-refractivity contribution in [3.63, 3.8) is 0 Å². The third-order valence-electron chi connectivity index (χ3n) is 3.47. The Kier molecular flexibility index (Phi) is 8.69. The topological polar surface area (TPSA) is 29.0 Å². The second-order valence-corrected chi connectivity index (χ2v) is 5.57. The van der Waals surface area contributed by atoms with Crippen molar-refractivity contribution in [2.45, 2.75) is 47.1 Å². The summed E-state index contributed by atoms with van der Waals surface area (Å²) in [5.74, 6) is 0. The molecule has 0 saturated heterocycles. The standard InChI is InChI=1S/C15H19Cl2N3.C2H6/c1-3-5-6-11(4-2)9-20-8-7-12-13(10-20)18-15(17)19-14(12)16;1-2/h3,5-6H,4,7-10H2,1-2H3;1-2H3/b5-3-,11-6+;. The maximum Gasteiger partial charge on any atom is 0.224 e. The average Bonchev–Trinajstić information content (AvgIpc) is 2.52. The van der Waals surface area contributed by atoms with Gasteiger partial charge < -0.3 is 0 Å². The Balaban J connectivity index is 0.00000116. The largest absolute Gasteiger partial charge is 0.293 e. The van der Waals surface area contributed by atoms with Crippen LogP contribution in [-0.2, 0) is 13.0 Å². The van der Waals surface area contributed by atoms with Crippen molar-refractivity contribution >= 4 is 23.2 Å². The lowest BCUT2D eigenvalue weighted by atomic mass is 10.1. The fourth-order valence-corrected chi connectivity index (χ4v) is 2.86. The zero-order valence-electron chi connectivity index (χ0n) is 13.9. The molecule has 0 fully saturated rings. The van der Waals surface area contributed by atoms with Crippen molar-refractivity contribution in [3.05, 3.63) is 45.5 Å². The summed E-state index contributed by atoms with van der Waals surface area (Å²) >= 11 is 12.0. The first-order valence-corrected chi connectivity index (χ1v) is 8.63. The average molecular weight is 342 g/mol. The van der Waals surface area contributed by atoms with Gasteiger partial charge in [0.25, 0.3) is 0 Å². The van der Waals surface area contributed by atoms with E-state index in [0.29, 0.717) is 5.15 Å². The third-order valence-corrected chi connectivity index (χ3v) is 3.95. The maximum atomic E-state index is 6.12. The first-order valence-electron chi connectivity index (χ1n) is 7.88. The summed E-state index contributed by atoms with van der Waals surface area (Å²) < 4.78 is 0. The van der Waals surface area contributed by atoms with E-state index in [1.165, 1.54) is 5.57 Å². The van der Waals surface area contributed by atoms with Crippen LogP contribution in [0.4, 0.5) is 0 Å². The molecule has 2 heterocycles. The van der Waals surface area contributed by atoms with E-state index in [9.17, 15) is 0 Å². The van der Waals surface area contributed by atoms with Gasteiger partial charge in [0.15, 0.2) is 0 Å². The molecule has 1 aliphatic rings. The second-order valence-electron chi connectivity index (χ2n) is 4.87. The number of hydrogen-bond acceptors (Lipinski definition) is 3. The molecule has 2 rings (SSSR count). The summed E-state index contributed by atoms with van der Waals surface area (Å²) in [6, 6.07) is 0. The van der Waals surface area contributed by atoms with E-state index in [2.05, 4.69) is 33.9 Å². The number of nitrogens with zero attached hydrogens (tertiary/aromatic N) is 3. The van der Waals surface area contributed by atoms with Gasteiger partial charge in [-0.15, -0.1) is 0 Å². The first kappa shape index (κ1) is 19.1. The Labute approximate surface area is 144 Å². The van der Waals surface area contributed by atoms with Crippen LogP contribution < -0.4 is 0 Å². The van der Waals surface area contributed by atoms with E-state index in [0.717, 1.165) is 43.7 Å². The normalized spacial score (nSPS) is 15.5. The predicted octanol–water partition coefficient (Wildman–Crippen LogP) is 5.08. The quantitative estimate of drug-likeness (QED) is 0.434. The number of halogens is 2. The molecule has 0 N–H and O–H groups in total.